The van der Waals surface area contributed by atoms with E-state index in [-0.39, 0.29) is 4.90 Å². The maximum atomic E-state index is 12.4. The molecule has 1 aromatic heterocycles. The van der Waals surface area contributed by atoms with Gasteiger partial charge in [-0.3, -0.25) is 9.40 Å². The van der Waals surface area contributed by atoms with Gasteiger partial charge in [-0.25, -0.2) is 8.42 Å². The highest BCUT2D eigenvalue weighted by Gasteiger charge is 2.13. The van der Waals surface area contributed by atoms with Crippen LogP contribution < -0.4 is 4.72 Å². The molecule has 0 spiro atoms. The molecule has 0 aliphatic rings. The zero-order valence-electron chi connectivity index (χ0n) is 14.5. The summed E-state index contributed by atoms with van der Waals surface area (Å²) in [5.41, 5.74) is 4.70. The summed E-state index contributed by atoms with van der Waals surface area (Å²) in [6, 6.07) is 16.2. The third-order valence-electron chi connectivity index (χ3n) is 3.97. The van der Waals surface area contributed by atoms with Crippen molar-refractivity contribution in [3.63, 3.8) is 0 Å². The molecule has 0 atom stereocenters. The van der Waals surface area contributed by atoms with E-state index < -0.39 is 10.0 Å². The molecule has 2 aromatic carbocycles. The molecule has 0 bridgehead atoms. The van der Waals surface area contributed by atoms with Crippen molar-refractivity contribution in [3.05, 3.63) is 77.1 Å². The SMILES string of the molecule is Cc1ccc(S(=O)(=O)Nc2ccc(Cn3nc(C)cc3C)cc2)cc1. The van der Waals surface area contributed by atoms with Crippen molar-refractivity contribution >= 4 is 15.7 Å². The average molecular weight is 355 g/mol. The summed E-state index contributed by atoms with van der Waals surface area (Å²) in [5.74, 6) is 0. The van der Waals surface area contributed by atoms with Gasteiger partial charge in [-0.1, -0.05) is 29.8 Å². The standard InChI is InChI=1S/C19H21N3O2S/c1-14-4-10-19(11-5-14)25(23,24)21-18-8-6-17(7-9-18)13-22-16(3)12-15(2)20-22/h4-12,21H,13H2,1-3H3. The number of hydrogen-bond donors (Lipinski definition) is 1. The van der Waals surface area contributed by atoms with Crippen molar-refractivity contribution in [2.75, 3.05) is 4.72 Å². The van der Waals surface area contributed by atoms with Crippen molar-refractivity contribution in [1.29, 1.82) is 0 Å². The van der Waals surface area contributed by atoms with E-state index in [1.54, 1.807) is 36.4 Å². The molecular formula is C19H21N3O2S. The van der Waals surface area contributed by atoms with Crippen LogP contribution in [0.25, 0.3) is 0 Å². The first-order valence-electron chi connectivity index (χ1n) is 8.03. The van der Waals surface area contributed by atoms with Crippen LogP contribution in [0.2, 0.25) is 0 Å². The highest BCUT2D eigenvalue weighted by Crippen LogP contribution is 2.18. The van der Waals surface area contributed by atoms with Gasteiger partial charge in [0.05, 0.1) is 17.1 Å². The Kier molecular flexibility index (Phi) is 4.63. The van der Waals surface area contributed by atoms with Crippen molar-refractivity contribution in [2.24, 2.45) is 0 Å². The maximum absolute atomic E-state index is 12.4. The molecule has 0 amide bonds. The average Bonchev–Trinajstić information content (AvgIpc) is 2.87. The van der Waals surface area contributed by atoms with Crippen LogP contribution in [0.15, 0.2) is 59.5 Å². The Balaban J connectivity index is 1.74. The number of aromatic nitrogens is 2. The first kappa shape index (κ1) is 17.2. The minimum Gasteiger partial charge on any atom is -0.280 e. The Morgan fingerprint density at radius 3 is 2.16 bits per heavy atom. The van der Waals surface area contributed by atoms with Gasteiger partial charge < -0.3 is 0 Å². The lowest BCUT2D eigenvalue weighted by Gasteiger charge is -2.10. The van der Waals surface area contributed by atoms with Gasteiger partial charge in [0, 0.05) is 11.4 Å². The Morgan fingerprint density at radius 2 is 1.60 bits per heavy atom. The number of anilines is 1. The summed E-state index contributed by atoms with van der Waals surface area (Å²) in [6.07, 6.45) is 0. The Morgan fingerprint density at radius 1 is 0.960 bits per heavy atom. The van der Waals surface area contributed by atoms with E-state index in [0.29, 0.717) is 12.2 Å². The first-order chi connectivity index (χ1) is 11.8. The van der Waals surface area contributed by atoms with E-state index >= 15 is 0 Å². The van der Waals surface area contributed by atoms with Crippen LogP contribution in [0.3, 0.4) is 0 Å². The zero-order chi connectivity index (χ0) is 18.0. The molecule has 3 aromatic rings. The predicted molar refractivity (Wildman–Crippen MR) is 99.2 cm³/mol. The zero-order valence-corrected chi connectivity index (χ0v) is 15.3. The van der Waals surface area contributed by atoms with Crippen LogP contribution in [0.1, 0.15) is 22.5 Å². The third-order valence-corrected chi connectivity index (χ3v) is 5.37. The maximum Gasteiger partial charge on any atom is 0.261 e. The molecule has 5 nitrogen and oxygen atoms in total. The summed E-state index contributed by atoms with van der Waals surface area (Å²) in [5, 5.41) is 4.44. The number of benzene rings is 2. The van der Waals surface area contributed by atoms with Gasteiger partial charge in [-0.2, -0.15) is 5.10 Å². The fourth-order valence-corrected chi connectivity index (χ4v) is 3.68. The molecule has 1 N–H and O–H groups in total. The van der Waals surface area contributed by atoms with E-state index in [0.717, 1.165) is 22.5 Å². The second-order valence-corrected chi connectivity index (χ2v) is 7.88. The molecular weight excluding hydrogens is 334 g/mol. The molecule has 1 heterocycles. The monoisotopic (exact) mass is 355 g/mol. The molecule has 0 aliphatic heterocycles. The van der Waals surface area contributed by atoms with Gasteiger partial charge in [0.2, 0.25) is 0 Å². The van der Waals surface area contributed by atoms with Crippen LogP contribution in [0.4, 0.5) is 5.69 Å². The van der Waals surface area contributed by atoms with Crippen LogP contribution in [0, 0.1) is 20.8 Å². The number of aryl methyl sites for hydroxylation is 3. The Hall–Kier alpha value is -2.60. The number of nitrogens with zero attached hydrogens (tertiary/aromatic N) is 2. The van der Waals surface area contributed by atoms with E-state index in [4.69, 9.17) is 0 Å². The molecule has 3 rings (SSSR count). The van der Waals surface area contributed by atoms with Crippen LogP contribution in [-0.4, -0.2) is 18.2 Å². The second-order valence-electron chi connectivity index (χ2n) is 6.20. The summed E-state index contributed by atoms with van der Waals surface area (Å²) in [4.78, 5) is 0.254. The fourth-order valence-electron chi connectivity index (χ4n) is 2.62. The van der Waals surface area contributed by atoms with Gasteiger partial charge in [0.15, 0.2) is 0 Å². The van der Waals surface area contributed by atoms with E-state index in [2.05, 4.69) is 9.82 Å². The lowest BCUT2D eigenvalue weighted by Crippen LogP contribution is -2.13. The van der Waals surface area contributed by atoms with E-state index in [9.17, 15) is 8.42 Å². The summed E-state index contributed by atoms with van der Waals surface area (Å²) in [7, 11) is -3.57. The summed E-state index contributed by atoms with van der Waals surface area (Å²) < 4.78 is 29.4. The highest BCUT2D eigenvalue weighted by molar-refractivity contribution is 7.92. The lowest BCUT2D eigenvalue weighted by molar-refractivity contribution is 0.601. The van der Waals surface area contributed by atoms with E-state index in [1.165, 1.54) is 0 Å². The molecule has 0 radical (unpaired) electrons. The first-order valence-corrected chi connectivity index (χ1v) is 9.51. The van der Waals surface area contributed by atoms with Gasteiger partial charge in [-0.05, 0) is 56.7 Å². The number of hydrogen-bond acceptors (Lipinski definition) is 3. The normalized spacial score (nSPS) is 11.5. The Labute approximate surface area is 148 Å². The van der Waals surface area contributed by atoms with Gasteiger partial charge >= 0.3 is 0 Å². The topological polar surface area (TPSA) is 64.0 Å². The van der Waals surface area contributed by atoms with Gasteiger partial charge in [0.1, 0.15) is 0 Å². The summed E-state index contributed by atoms with van der Waals surface area (Å²) in [6.45, 7) is 6.56. The largest absolute Gasteiger partial charge is 0.280 e. The highest BCUT2D eigenvalue weighted by atomic mass is 32.2. The third kappa shape index (κ3) is 4.09. The quantitative estimate of drug-likeness (QED) is 0.760. The summed E-state index contributed by atoms with van der Waals surface area (Å²) >= 11 is 0. The minimum absolute atomic E-state index is 0.254. The predicted octanol–water partition coefficient (Wildman–Crippen LogP) is 3.66. The molecule has 130 valence electrons. The Bertz CT molecular complexity index is 973. The molecule has 0 fully saturated rings. The number of nitrogens with one attached hydrogen (secondary N) is 1. The smallest absolute Gasteiger partial charge is 0.261 e. The molecule has 0 saturated carbocycles. The van der Waals surface area contributed by atoms with Crippen LogP contribution in [-0.2, 0) is 16.6 Å². The van der Waals surface area contributed by atoms with Crippen molar-refractivity contribution < 1.29 is 8.42 Å². The molecule has 6 heteroatoms. The van der Waals surface area contributed by atoms with Crippen molar-refractivity contribution in [2.45, 2.75) is 32.2 Å². The number of rotatable bonds is 5. The van der Waals surface area contributed by atoms with E-state index in [1.807, 2.05) is 43.7 Å². The molecule has 0 aliphatic carbocycles. The molecule has 0 saturated heterocycles. The molecule has 0 unspecified atom stereocenters. The number of sulfonamides is 1. The van der Waals surface area contributed by atoms with Gasteiger partial charge in [-0.15, -0.1) is 0 Å². The van der Waals surface area contributed by atoms with Gasteiger partial charge in [0.25, 0.3) is 10.0 Å². The lowest BCUT2D eigenvalue weighted by atomic mass is 10.2. The van der Waals surface area contributed by atoms with Crippen LogP contribution >= 0.6 is 0 Å². The second kappa shape index (κ2) is 6.72. The molecule has 25 heavy (non-hydrogen) atoms. The van der Waals surface area contributed by atoms with Crippen molar-refractivity contribution in [1.82, 2.24) is 9.78 Å². The van der Waals surface area contributed by atoms with Crippen LogP contribution in [0.5, 0.6) is 0 Å². The minimum atomic E-state index is -3.57. The van der Waals surface area contributed by atoms with Crippen molar-refractivity contribution in [3.8, 4) is 0 Å². The fraction of sp³-hybridized carbons (Fsp3) is 0.211.